The smallest absolute Gasteiger partial charge is 0.227 e. The van der Waals surface area contributed by atoms with E-state index < -0.39 is 0 Å². The van der Waals surface area contributed by atoms with Gasteiger partial charge in [0.1, 0.15) is 5.82 Å². The van der Waals surface area contributed by atoms with E-state index in [2.05, 4.69) is 13.8 Å². The summed E-state index contributed by atoms with van der Waals surface area (Å²) in [4.78, 5) is 14.0. The van der Waals surface area contributed by atoms with E-state index in [4.69, 9.17) is 11.6 Å². The normalized spacial score (nSPS) is 22.3. The topological polar surface area (TPSA) is 20.3 Å². The number of carbonyl (C=O) groups excluding carboxylic acids is 1. The minimum atomic E-state index is -0.317. The number of hydrogen-bond acceptors (Lipinski definition) is 1. The number of carbonyl (C=O) groups is 1. The summed E-state index contributed by atoms with van der Waals surface area (Å²) in [6.07, 6.45) is 0.910. The summed E-state index contributed by atoms with van der Waals surface area (Å²) in [5.74, 6) is -0.343. The number of nitrogens with zero attached hydrogens (tertiary/aromatic N) is 1. The van der Waals surface area contributed by atoms with Gasteiger partial charge in [-0.25, -0.2) is 4.39 Å². The van der Waals surface area contributed by atoms with Gasteiger partial charge >= 0.3 is 0 Å². The molecule has 1 heterocycles. The number of benzene rings is 1. The van der Waals surface area contributed by atoms with E-state index in [1.165, 1.54) is 6.07 Å². The van der Waals surface area contributed by atoms with Crippen LogP contribution in [0, 0.1) is 11.2 Å². The highest BCUT2D eigenvalue weighted by Crippen LogP contribution is 2.33. The predicted molar refractivity (Wildman–Crippen MR) is 74.7 cm³/mol. The van der Waals surface area contributed by atoms with Crippen molar-refractivity contribution < 1.29 is 9.18 Å². The molecule has 0 bridgehead atoms. The molecule has 104 valence electrons. The van der Waals surface area contributed by atoms with E-state index in [1.807, 2.05) is 0 Å². The largest absolute Gasteiger partial charge is 0.342 e. The van der Waals surface area contributed by atoms with Crippen LogP contribution in [-0.2, 0) is 11.2 Å². The summed E-state index contributed by atoms with van der Waals surface area (Å²) in [5, 5.41) is 0.0880. The Balaban J connectivity index is 2.03. The van der Waals surface area contributed by atoms with Gasteiger partial charge in [-0.05, 0) is 23.5 Å². The van der Waals surface area contributed by atoms with Gasteiger partial charge in [0.2, 0.25) is 5.91 Å². The Kier molecular flexibility index (Phi) is 4.14. The zero-order valence-electron chi connectivity index (χ0n) is 11.3. The monoisotopic (exact) mass is 283 g/mol. The third-order valence-electron chi connectivity index (χ3n) is 3.75. The van der Waals surface area contributed by atoms with Crippen molar-refractivity contribution in [3.05, 3.63) is 35.6 Å². The van der Waals surface area contributed by atoms with Crippen molar-refractivity contribution in [3.63, 3.8) is 0 Å². The SMILES string of the molecule is CC1(C)CN(C(=O)Cc2ccccc2F)CCC1Cl. The van der Waals surface area contributed by atoms with Crippen LogP contribution in [0.15, 0.2) is 24.3 Å². The lowest BCUT2D eigenvalue weighted by Crippen LogP contribution is -2.49. The van der Waals surface area contributed by atoms with Crippen LogP contribution < -0.4 is 0 Å². The van der Waals surface area contributed by atoms with E-state index in [-0.39, 0.29) is 28.9 Å². The van der Waals surface area contributed by atoms with Gasteiger partial charge in [-0.2, -0.15) is 0 Å². The van der Waals surface area contributed by atoms with Gasteiger partial charge in [0.15, 0.2) is 0 Å². The quantitative estimate of drug-likeness (QED) is 0.763. The molecule has 2 nitrogen and oxygen atoms in total. The molecule has 1 atom stereocenters. The van der Waals surface area contributed by atoms with Gasteiger partial charge in [-0.3, -0.25) is 4.79 Å². The molecule has 0 spiro atoms. The Morgan fingerprint density at radius 2 is 2.16 bits per heavy atom. The summed E-state index contributed by atoms with van der Waals surface area (Å²) in [7, 11) is 0. The van der Waals surface area contributed by atoms with Crippen LogP contribution in [-0.4, -0.2) is 29.3 Å². The average molecular weight is 284 g/mol. The highest BCUT2D eigenvalue weighted by molar-refractivity contribution is 6.21. The molecule has 0 aromatic heterocycles. The molecule has 2 rings (SSSR count). The van der Waals surface area contributed by atoms with Crippen molar-refractivity contribution in [2.75, 3.05) is 13.1 Å². The van der Waals surface area contributed by atoms with Crippen molar-refractivity contribution >= 4 is 17.5 Å². The lowest BCUT2D eigenvalue weighted by Gasteiger charge is -2.41. The first kappa shape index (κ1) is 14.3. The summed E-state index contributed by atoms with van der Waals surface area (Å²) < 4.78 is 13.5. The zero-order chi connectivity index (χ0) is 14.0. The van der Waals surface area contributed by atoms with Crippen LogP contribution in [0.4, 0.5) is 4.39 Å². The first-order chi connectivity index (χ1) is 8.90. The second kappa shape index (κ2) is 5.49. The summed E-state index contributed by atoms with van der Waals surface area (Å²) in [6.45, 7) is 5.42. The van der Waals surface area contributed by atoms with Crippen molar-refractivity contribution in [3.8, 4) is 0 Å². The highest BCUT2D eigenvalue weighted by Gasteiger charge is 2.36. The molecule has 0 radical (unpaired) electrons. The van der Waals surface area contributed by atoms with Crippen molar-refractivity contribution in [1.29, 1.82) is 0 Å². The molecule has 1 aromatic rings. The van der Waals surface area contributed by atoms with Crippen LogP contribution >= 0.6 is 11.6 Å². The van der Waals surface area contributed by atoms with Gasteiger partial charge in [-0.15, -0.1) is 11.6 Å². The van der Waals surface area contributed by atoms with Crippen LogP contribution in [0.25, 0.3) is 0 Å². The molecule has 1 aliphatic heterocycles. The fourth-order valence-corrected chi connectivity index (χ4v) is 2.63. The van der Waals surface area contributed by atoms with E-state index in [1.54, 1.807) is 23.1 Å². The van der Waals surface area contributed by atoms with E-state index in [0.29, 0.717) is 18.7 Å². The maximum atomic E-state index is 13.5. The van der Waals surface area contributed by atoms with Crippen molar-refractivity contribution in [2.24, 2.45) is 5.41 Å². The zero-order valence-corrected chi connectivity index (χ0v) is 12.1. The molecule has 1 fully saturated rings. The predicted octanol–water partition coefficient (Wildman–Crippen LogP) is 3.23. The highest BCUT2D eigenvalue weighted by atomic mass is 35.5. The van der Waals surface area contributed by atoms with Gasteiger partial charge in [0.25, 0.3) is 0 Å². The molecule has 1 aliphatic rings. The van der Waals surface area contributed by atoms with E-state index in [9.17, 15) is 9.18 Å². The second-order valence-corrected chi connectivity index (χ2v) is 6.36. The Morgan fingerprint density at radius 3 is 2.79 bits per heavy atom. The Labute approximate surface area is 118 Å². The molecule has 1 saturated heterocycles. The maximum Gasteiger partial charge on any atom is 0.227 e. The van der Waals surface area contributed by atoms with Crippen LogP contribution in [0.3, 0.4) is 0 Å². The van der Waals surface area contributed by atoms with Gasteiger partial charge in [-0.1, -0.05) is 32.0 Å². The summed E-state index contributed by atoms with van der Waals surface area (Å²) in [6, 6.07) is 6.43. The number of amides is 1. The van der Waals surface area contributed by atoms with Crippen LogP contribution in [0.2, 0.25) is 0 Å². The lowest BCUT2D eigenvalue weighted by atomic mass is 9.83. The maximum absolute atomic E-state index is 13.5. The third kappa shape index (κ3) is 3.27. The molecule has 0 aliphatic carbocycles. The van der Waals surface area contributed by atoms with Gasteiger partial charge in [0.05, 0.1) is 6.42 Å². The first-order valence-electron chi connectivity index (χ1n) is 6.55. The minimum absolute atomic E-state index is 0.0262. The van der Waals surface area contributed by atoms with Gasteiger partial charge < -0.3 is 4.90 Å². The Hall–Kier alpha value is -1.09. The molecular formula is C15H19ClFNO. The molecular weight excluding hydrogens is 265 g/mol. The number of halogens is 2. The molecule has 0 N–H and O–H groups in total. The molecule has 4 heteroatoms. The molecule has 1 amide bonds. The first-order valence-corrected chi connectivity index (χ1v) is 6.99. The van der Waals surface area contributed by atoms with Crippen molar-refractivity contribution in [1.82, 2.24) is 4.90 Å². The van der Waals surface area contributed by atoms with E-state index >= 15 is 0 Å². The van der Waals surface area contributed by atoms with Crippen LogP contribution in [0.1, 0.15) is 25.8 Å². The minimum Gasteiger partial charge on any atom is -0.342 e. The Bertz CT molecular complexity index is 475. The molecule has 0 saturated carbocycles. The number of likely N-dealkylation sites (tertiary alicyclic amines) is 1. The number of alkyl halides is 1. The number of hydrogen-bond donors (Lipinski definition) is 0. The second-order valence-electron chi connectivity index (χ2n) is 5.83. The third-order valence-corrected chi connectivity index (χ3v) is 4.56. The molecule has 1 unspecified atom stereocenters. The molecule has 19 heavy (non-hydrogen) atoms. The average Bonchev–Trinajstić information content (AvgIpc) is 2.35. The summed E-state index contributed by atoms with van der Waals surface area (Å²) in [5.41, 5.74) is 0.364. The molecule has 1 aromatic carbocycles. The number of piperidine rings is 1. The standard InChI is InChI=1S/C15H19ClFNO/c1-15(2)10-18(8-7-13(15)16)14(19)9-11-5-3-4-6-12(11)17/h3-6,13H,7-10H2,1-2H3. The fourth-order valence-electron chi connectivity index (χ4n) is 2.46. The van der Waals surface area contributed by atoms with E-state index in [0.717, 1.165) is 6.42 Å². The van der Waals surface area contributed by atoms with Gasteiger partial charge in [0, 0.05) is 18.5 Å². The van der Waals surface area contributed by atoms with Crippen LogP contribution in [0.5, 0.6) is 0 Å². The lowest BCUT2D eigenvalue weighted by molar-refractivity contribution is -0.133. The Morgan fingerprint density at radius 1 is 1.47 bits per heavy atom. The fraction of sp³-hybridized carbons (Fsp3) is 0.533. The van der Waals surface area contributed by atoms with Crippen molar-refractivity contribution in [2.45, 2.75) is 32.1 Å². The summed E-state index contributed by atoms with van der Waals surface area (Å²) >= 11 is 6.27. The number of rotatable bonds is 2.